The Morgan fingerprint density at radius 2 is 2.00 bits per heavy atom. The van der Waals surface area contributed by atoms with E-state index >= 15 is 0 Å². The summed E-state index contributed by atoms with van der Waals surface area (Å²) in [6.45, 7) is 10.5. The van der Waals surface area contributed by atoms with Crippen LogP contribution in [0, 0.1) is 12.8 Å². The minimum absolute atomic E-state index is 0.212. The minimum Gasteiger partial charge on any atom is -0.226 e. The summed E-state index contributed by atoms with van der Waals surface area (Å²) in [4.78, 5) is 10.3. The third kappa shape index (κ3) is 3.37. The number of thiophene rings is 1. The van der Waals surface area contributed by atoms with Crippen LogP contribution in [0.4, 0.5) is 0 Å². The lowest BCUT2D eigenvalue weighted by Gasteiger charge is -2.09. The van der Waals surface area contributed by atoms with Gasteiger partial charge in [-0.1, -0.05) is 13.8 Å². The third-order valence-corrected chi connectivity index (χ3v) is 5.22. The van der Waals surface area contributed by atoms with E-state index in [1.807, 2.05) is 11.6 Å². The standard InChI is InChI=1S/C15H20N6S2/c1-8(2)6-11-7-22-13-12(11)14(17-10(5)16-13)23-15-18-19-20-21(15)9(3)4/h7-9H,6H2,1-5H3. The Hall–Kier alpha value is -1.54. The summed E-state index contributed by atoms with van der Waals surface area (Å²) in [5, 5.41) is 17.1. The highest BCUT2D eigenvalue weighted by molar-refractivity contribution is 7.99. The molecule has 0 saturated carbocycles. The lowest BCUT2D eigenvalue weighted by atomic mass is 10.0. The molecule has 122 valence electrons. The molecule has 3 aromatic rings. The van der Waals surface area contributed by atoms with Gasteiger partial charge in [-0.05, 0) is 66.2 Å². The van der Waals surface area contributed by atoms with Gasteiger partial charge in [-0.2, -0.15) is 0 Å². The molecule has 0 fully saturated rings. The van der Waals surface area contributed by atoms with E-state index in [9.17, 15) is 0 Å². The Labute approximate surface area is 143 Å². The number of fused-ring (bicyclic) bond motifs is 1. The third-order valence-electron chi connectivity index (χ3n) is 3.36. The average Bonchev–Trinajstić information content (AvgIpc) is 3.05. The van der Waals surface area contributed by atoms with Crippen molar-refractivity contribution >= 4 is 33.3 Å². The molecular weight excluding hydrogens is 328 g/mol. The Balaban J connectivity index is 2.08. The van der Waals surface area contributed by atoms with Crippen molar-refractivity contribution in [2.75, 3.05) is 0 Å². The average molecular weight is 349 g/mol. The van der Waals surface area contributed by atoms with Gasteiger partial charge in [0, 0.05) is 5.39 Å². The molecule has 0 N–H and O–H groups in total. The zero-order valence-electron chi connectivity index (χ0n) is 13.9. The Morgan fingerprint density at radius 3 is 2.70 bits per heavy atom. The van der Waals surface area contributed by atoms with Crippen LogP contribution in [-0.4, -0.2) is 30.2 Å². The summed E-state index contributed by atoms with van der Waals surface area (Å²) in [7, 11) is 0. The zero-order chi connectivity index (χ0) is 16.6. The number of hydrogen-bond donors (Lipinski definition) is 0. The van der Waals surface area contributed by atoms with Crippen molar-refractivity contribution in [3.8, 4) is 0 Å². The molecule has 3 rings (SSSR count). The van der Waals surface area contributed by atoms with E-state index in [0.29, 0.717) is 5.92 Å². The molecule has 8 heteroatoms. The predicted molar refractivity (Wildman–Crippen MR) is 93.0 cm³/mol. The molecular formula is C15H20N6S2. The van der Waals surface area contributed by atoms with Crippen LogP contribution in [0.2, 0.25) is 0 Å². The van der Waals surface area contributed by atoms with Crippen molar-refractivity contribution in [1.29, 1.82) is 0 Å². The maximum absolute atomic E-state index is 4.67. The number of rotatable bonds is 5. The van der Waals surface area contributed by atoms with Gasteiger partial charge < -0.3 is 0 Å². The highest BCUT2D eigenvalue weighted by Gasteiger charge is 2.18. The molecule has 0 saturated heterocycles. The Morgan fingerprint density at radius 1 is 1.22 bits per heavy atom. The van der Waals surface area contributed by atoms with E-state index in [4.69, 9.17) is 0 Å². The monoisotopic (exact) mass is 348 g/mol. The molecule has 0 unspecified atom stereocenters. The maximum Gasteiger partial charge on any atom is 0.215 e. The van der Waals surface area contributed by atoms with Gasteiger partial charge in [0.05, 0.1) is 6.04 Å². The molecule has 0 atom stereocenters. The molecule has 0 aromatic carbocycles. The summed E-state index contributed by atoms with van der Waals surface area (Å²) in [5.74, 6) is 1.37. The lowest BCUT2D eigenvalue weighted by molar-refractivity contribution is 0.477. The second-order valence-corrected chi connectivity index (χ2v) is 8.03. The molecule has 0 radical (unpaired) electrons. The van der Waals surface area contributed by atoms with Crippen LogP contribution in [0.1, 0.15) is 45.1 Å². The molecule has 0 aliphatic carbocycles. The number of hydrogen-bond acceptors (Lipinski definition) is 7. The Bertz CT molecular complexity index is 821. The van der Waals surface area contributed by atoms with E-state index in [0.717, 1.165) is 32.6 Å². The second-order valence-electron chi connectivity index (χ2n) is 6.22. The first-order chi connectivity index (χ1) is 11.0. The van der Waals surface area contributed by atoms with Crippen LogP contribution in [0.15, 0.2) is 15.6 Å². The minimum atomic E-state index is 0.212. The lowest BCUT2D eigenvalue weighted by Crippen LogP contribution is -2.05. The van der Waals surface area contributed by atoms with Crippen molar-refractivity contribution in [3.05, 3.63) is 16.8 Å². The van der Waals surface area contributed by atoms with Crippen LogP contribution in [-0.2, 0) is 6.42 Å². The van der Waals surface area contributed by atoms with Gasteiger partial charge in [-0.3, -0.25) is 0 Å². The zero-order valence-corrected chi connectivity index (χ0v) is 15.6. The molecule has 0 aliphatic heterocycles. The van der Waals surface area contributed by atoms with Crippen molar-refractivity contribution in [3.63, 3.8) is 0 Å². The van der Waals surface area contributed by atoms with Crippen molar-refractivity contribution in [2.24, 2.45) is 5.92 Å². The van der Waals surface area contributed by atoms with E-state index < -0.39 is 0 Å². The van der Waals surface area contributed by atoms with E-state index in [2.05, 4.69) is 58.6 Å². The summed E-state index contributed by atoms with van der Waals surface area (Å²) < 4.78 is 1.82. The second kappa shape index (κ2) is 6.52. The van der Waals surface area contributed by atoms with Crippen LogP contribution < -0.4 is 0 Å². The summed E-state index contributed by atoms with van der Waals surface area (Å²) in [6.07, 6.45) is 1.02. The normalized spacial score (nSPS) is 12.0. The van der Waals surface area contributed by atoms with Gasteiger partial charge in [0.1, 0.15) is 15.7 Å². The molecule has 0 amide bonds. The first-order valence-electron chi connectivity index (χ1n) is 7.66. The first-order valence-corrected chi connectivity index (χ1v) is 9.35. The van der Waals surface area contributed by atoms with Gasteiger partial charge in [0.25, 0.3) is 0 Å². The van der Waals surface area contributed by atoms with Gasteiger partial charge >= 0.3 is 0 Å². The molecule has 0 spiro atoms. The van der Waals surface area contributed by atoms with Gasteiger partial charge in [0.2, 0.25) is 5.16 Å². The van der Waals surface area contributed by atoms with Crippen LogP contribution in [0.3, 0.4) is 0 Å². The number of aryl methyl sites for hydroxylation is 1. The topological polar surface area (TPSA) is 69.4 Å². The maximum atomic E-state index is 4.67. The van der Waals surface area contributed by atoms with Crippen LogP contribution >= 0.6 is 23.1 Å². The van der Waals surface area contributed by atoms with Crippen molar-refractivity contribution in [1.82, 2.24) is 30.2 Å². The number of nitrogens with zero attached hydrogens (tertiary/aromatic N) is 6. The molecule has 0 aliphatic rings. The van der Waals surface area contributed by atoms with Crippen LogP contribution in [0.25, 0.3) is 10.2 Å². The van der Waals surface area contributed by atoms with Crippen molar-refractivity contribution < 1.29 is 0 Å². The van der Waals surface area contributed by atoms with Crippen LogP contribution in [0.5, 0.6) is 0 Å². The fourth-order valence-electron chi connectivity index (χ4n) is 2.40. The summed E-state index contributed by atoms with van der Waals surface area (Å²) >= 11 is 3.21. The number of aromatic nitrogens is 6. The molecule has 6 nitrogen and oxygen atoms in total. The van der Waals surface area contributed by atoms with Gasteiger partial charge in [-0.15, -0.1) is 16.4 Å². The Kier molecular flexibility index (Phi) is 4.63. The predicted octanol–water partition coefficient (Wildman–Crippen LogP) is 3.92. The molecule has 23 heavy (non-hydrogen) atoms. The fraction of sp³-hybridized carbons (Fsp3) is 0.533. The van der Waals surface area contributed by atoms with Gasteiger partial charge in [-0.25, -0.2) is 14.6 Å². The number of tetrazole rings is 1. The smallest absolute Gasteiger partial charge is 0.215 e. The molecule has 3 heterocycles. The summed E-state index contributed by atoms with van der Waals surface area (Å²) in [5.41, 5.74) is 1.31. The van der Waals surface area contributed by atoms with E-state index in [1.54, 1.807) is 11.3 Å². The molecule has 0 bridgehead atoms. The first kappa shape index (κ1) is 16.3. The quantitative estimate of drug-likeness (QED) is 0.651. The van der Waals surface area contributed by atoms with E-state index in [-0.39, 0.29) is 6.04 Å². The van der Waals surface area contributed by atoms with E-state index in [1.165, 1.54) is 17.3 Å². The summed E-state index contributed by atoms with van der Waals surface area (Å²) in [6, 6.07) is 0.212. The highest BCUT2D eigenvalue weighted by atomic mass is 32.2. The fourth-order valence-corrected chi connectivity index (χ4v) is 4.56. The van der Waals surface area contributed by atoms with Crippen molar-refractivity contribution in [2.45, 2.75) is 57.3 Å². The molecule has 3 aromatic heterocycles. The largest absolute Gasteiger partial charge is 0.226 e. The van der Waals surface area contributed by atoms with Gasteiger partial charge in [0.15, 0.2) is 0 Å². The highest BCUT2D eigenvalue weighted by Crippen LogP contribution is 2.36. The SMILES string of the molecule is Cc1nc(Sc2nnnn2C(C)C)c2c(CC(C)C)csc2n1.